The van der Waals surface area contributed by atoms with Crippen molar-refractivity contribution in [3.63, 3.8) is 0 Å². The van der Waals surface area contributed by atoms with Gasteiger partial charge in [-0.05, 0) is 30.7 Å². The molecule has 7 heteroatoms. The van der Waals surface area contributed by atoms with Crippen molar-refractivity contribution in [3.05, 3.63) is 29.8 Å². The van der Waals surface area contributed by atoms with E-state index < -0.39 is 27.0 Å². The van der Waals surface area contributed by atoms with Gasteiger partial charge in [0.25, 0.3) is 0 Å². The standard InChI is InChI=1S/C10H12ClF2NO2S/c1-7-2-4-8(5-3-7)17(15,16)6-9(14)10(11,12)13/h2-5,9H,6,14H2,1H3/t9-/m1/s1. The molecule has 0 radical (unpaired) electrons. The van der Waals surface area contributed by atoms with Crippen LogP contribution in [0.5, 0.6) is 0 Å². The molecule has 0 saturated heterocycles. The Morgan fingerprint density at radius 1 is 1.35 bits per heavy atom. The average molecular weight is 284 g/mol. The van der Waals surface area contributed by atoms with E-state index in [9.17, 15) is 17.2 Å². The van der Waals surface area contributed by atoms with Gasteiger partial charge in [-0.3, -0.25) is 0 Å². The molecule has 1 aromatic rings. The smallest absolute Gasteiger partial charge is 0.321 e. The summed E-state index contributed by atoms with van der Waals surface area (Å²) in [5.74, 6) is -0.896. The summed E-state index contributed by atoms with van der Waals surface area (Å²) in [5.41, 5.74) is 5.91. The molecule has 0 aliphatic carbocycles. The summed E-state index contributed by atoms with van der Waals surface area (Å²) in [6.07, 6.45) is 0. The van der Waals surface area contributed by atoms with E-state index in [4.69, 9.17) is 5.73 Å². The van der Waals surface area contributed by atoms with Crippen LogP contribution in [0.1, 0.15) is 5.56 Å². The molecule has 17 heavy (non-hydrogen) atoms. The molecule has 1 rings (SSSR count). The van der Waals surface area contributed by atoms with E-state index in [0.717, 1.165) is 5.56 Å². The van der Waals surface area contributed by atoms with E-state index in [0.29, 0.717) is 0 Å². The predicted molar refractivity (Wildman–Crippen MR) is 62.0 cm³/mol. The van der Waals surface area contributed by atoms with Crippen molar-refractivity contribution in [1.29, 1.82) is 0 Å². The van der Waals surface area contributed by atoms with Crippen LogP contribution in [0.2, 0.25) is 0 Å². The Balaban J connectivity index is 2.94. The van der Waals surface area contributed by atoms with Crippen molar-refractivity contribution < 1.29 is 17.2 Å². The third-order valence-electron chi connectivity index (χ3n) is 2.20. The minimum Gasteiger partial charge on any atom is -0.321 e. The first-order chi connectivity index (χ1) is 7.63. The number of hydrogen-bond acceptors (Lipinski definition) is 3. The topological polar surface area (TPSA) is 60.2 Å². The van der Waals surface area contributed by atoms with Crippen molar-refractivity contribution in [3.8, 4) is 0 Å². The maximum absolute atomic E-state index is 12.6. The predicted octanol–water partition coefficient (Wildman–Crippen LogP) is 1.93. The Bertz CT molecular complexity index is 482. The Morgan fingerprint density at radius 3 is 2.24 bits per heavy atom. The van der Waals surface area contributed by atoms with Crippen LogP contribution in [0, 0.1) is 6.92 Å². The molecule has 0 aliphatic heterocycles. The molecule has 1 atom stereocenters. The van der Waals surface area contributed by atoms with Crippen LogP contribution in [-0.2, 0) is 9.84 Å². The summed E-state index contributed by atoms with van der Waals surface area (Å²) in [7, 11) is -3.85. The third-order valence-corrected chi connectivity index (χ3v) is 4.27. The fourth-order valence-electron chi connectivity index (χ4n) is 1.17. The SMILES string of the molecule is Cc1ccc(S(=O)(=O)C[C@@H](N)C(F)(F)Cl)cc1. The first-order valence-corrected chi connectivity index (χ1v) is 6.77. The summed E-state index contributed by atoms with van der Waals surface area (Å²) in [5, 5.41) is -3.74. The molecule has 0 spiro atoms. The molecule has 0 saturated carbocycles. The number of alkyl halides is 3. The number of sulfone groups is 1. The van der Waals surface area contributed by atoms with Crippen LogP contribution in [0.4, 0.5) is 8.78 Å². The maximum atomic E-state index is 12.6. The lowest BCUT2D eigenvalue weighted by atomic mass is 10.2. The summed E-state index contributed by atoms with van der Waals surface area (Å²) in [6, 6.07) is 3.93. The molecule has 0 heterocycles. The summed E-state index contributed by atoms with van der Waals surface area (Å²) in [6.45, 7) is 1.79. The minimum atomic E-state index is -3.85. The van der Waals surface area contributed by atoms with E-state index in [-0.39, 0.29) is 4.90 Å². The normalized spacial score (nSPS) is 14.6. The van der Waals surface area contributed by atoms with Crippen LogP contribution in [-0.4, -0.2) is 25.6 Å². The zero-order valence-corrected chi connectivity index (χ0v) is 10.6. The van der Waals surface area contributed by atoms with Crippen LogP contribution in [0.25, 0.3) is 0 Å². The molecule has 0 aromatic heterocycles. The summed E-state index contributed by atoms with van der Waals surface area (Å²) < 4.78 is 48.7. The van der Waals surface area contributed by atoms with Crippen LogP contribution in [0.15, 0.2) is 29.2 Å². The molecule has 3 nitrogen and oxygen atoms in total. The molecule has 0 aliphatic rings. The van der Waals surface area contributed by atoms with E-state index in [1.54, 1.807) is 19.1 Å². The van der Waals surface area contributed by atoms with Gasteiger partial charge in [-0.15, -0.1) is 0 Å². The fraction of sp³-hybridized carbons (Fsp3) is 0.400. The maximum Gasteiger partial charge on any atom is 0.337 e. The van der Waals surface area contributed by atoms with Crippen molar-refractivity contribution in [2.75, 3.05) is 5.75 Å². The van der Waals surface area contributed by atoms with Gasteiger partial charge in [-0.25, -0.2) is 8.42 Å². The highest BCUT2D eigenvalue weighted by atomic mass is 35.5. The van der Waals surface area contributed by atoms with Crippen molar-refractivity contribution in [2.45, 2.75) is 23.2 Å². The van der Waals surface area contributed by atoms with E-state index in [1.807, 2.05) is 0 Å². The minimum absolute atomic E-state index is 0.0422. The highest BCUT2D eigenvalue weighted by molar-refractivity contribution is 7.91. The second-order valence-corrected chi connectivity index (χ2v) is 6.28. The van der Waals surface area contributed by atoms with Gasteiger partial charge in [0.2, 0.25) is 0 Å². The molecule has 0 bridgehead atoms. The van der Waals surface area contributed by atoms with Gasteiger partial charge in [0, 0.05) is 0 Å². The molecular formula is C10H12ClF2NO2S. The fourth-order valence-corrected chi connectivity index (χ4v) is 2.77. The number of benzene rings is 1. The summed E-state index contributed by atoms with van der Waals surface area (Å²) >= 11 is 4.68. The first kappa shape index (κ1) is 14.3. The first-order valence-electron chi connectivity index (χ1n) is 4.74. The van der Waals surface area contributed by atoms with Crippen molar-refractivity contribution in [2.24, 2.45) is 5.73 Å². The Kier molecular flexibility index (Phi) is 4.11. The van der Waals surface area contributed by atoms with Crippen LogP contribution >= 0.6 is 11.6 Å². The second-order valence-electron chi connectivity index (χ2n) is 3.74. The van der Waals surface area contributed by atoms with E-state index in [1.165, 1.54) is 12.1 Å². The molecule has 0 amide bonds. The molecular weight excluding hydrogens is 272 g/mol. The molecule has 2 N–H and O–H groups in total. The third kappa shape index (κ3) is 3.90. The highest BCUT2D eigenvalue weighted by Crippen LogP contribution is 2.24. The number of rotatable bonds is 4. The Hall–Kier alpha value is -0.720. The van der Waals surface area contributed by atoms with Crippen LogP contribution in [0.3, 0.4) is 0 Å². The second kappa shape index (κ2) is 4.88. The van der Waals surface area contributed by atoms with Gasteiger partial charge in [-0.1, -0.05) is 17.7 Å². The van der Waals surface area contributed by atoms with Gasteiger partial charge in [0.15, 0.2) is 9.84 Å². The van der Waals surface area contributed by atoms with Gasteiger partial charge in [0.05, 0.1) is 16.7 Å². The molecule has 1 aromatic carbocycles. The zero-order chi connectivity index (χ0) is 13.3. The number of aryl methyl sites for hydroxylation is 1. The zero-order valence-electron chi connectivity index (χ0n) is 9.03. The monoisotopic (exact) mass is 283 g/mol. The Morgan fingerprint density at radius 2 is 1.82 bits per heavy atom. The van der Waals surface area contributed by atoms with Crippen LogP contribution < -0.4 is 5.73 Å². The summed E-state index contributed by atoms with van der Waals surface area (Å²) in [4.78, 5) is -0.0422. The van der Waals surface area contributed by atoms with E-state index >= 15 is 0 Å². The van der Waals surface area contributed by atoms with Crippen molar-refractivity contribution >= 4 is 21.4 Å². The highest BCUT2D eigenvalue weighted by Gasteiger charge is 2.37. The average Bonchev–Trinajstić information content (AvgIpc) is 2.16. The largest absolute Gasteiger partial charge is 0.337 e. The lowest BCUT2D eigenvalue weighted by Crippen LogP contribution is -2.42. The van der Waals surface area contributed by atoms with Gasteiger partial charge in [-0.2, -0.15) is 8.78 Å². The number of nitrogens with two attached hydrogens (primary N) is 1. The Labute approximate surface area is 103 Å². The lowest BCUT2D eigenvalue weighted by molar-refractivity contribution is 0.0733. The quantitative estimate of drug-likeness (QED) is 0.859. The van der Waals surface area contributed by atoms with E-state index in [2.05, 4.69) is 11.6 Å². The molecule has 0 fully saturated rings. The number of halogens is 3. The van der Waals surface area contributed by atoms with Gasteiger partial charge in [0.1, 0.15) is 0 Å². The number of hydrogen-bond donors (Lipinski definition) is 1. The lowest BCUT2D eigenvalue weighted by Gasteiger charge is -2.16. The molecule has 96 valence electrons. The van der Waals surface area contributed by atoms with Gasteiger partial charge >= 0.3 is 5.38 Å². The van der Waals surface area contributed by atoms with Crippen molar-refractivity contribution in [1.82, 2.24) is 0 Å². The molecule has 0 unspecified atom stereocenters. The van der Waals surface area contributed by atoms with Gasteiger partial charge < -0.3 is 5.73 Å².